The number of ether oxygens (including phenoxy) is 1. The lowest BCUT2D eigenvalue weighted by atomic mass is 9.82. The molecule has 1 aliphatic heterocycles. The number of piperazine rings is 1. The van der Waals surface area contributed by atoms with E-state index in [1.807, 2.05) is 6.92 Å². The average molecular weight is 421 g/mol. The van der Waals surface area contributed by atoms with Crippen LogP contribution in [0.25, 0.3) is 6.08 Å². The van der Waals surface area contributed by atoms with Gasteiger partial charge in [-0.2, -0.15) is 5.26 Å². The van der Waals surface area contributed by atoms with E-state index >= 15 is 0 Å². The smallest absolute Gasteiger partial charge is 0.271 e. The van der Waals surface area contributed by atoms with Crippen LogP contribution in [0.5, 0.6) is 5.75 Å². The summed E-state index contributed by atoms with van der Waals surface area (Å²) in [5, 5.41) is 9.47. The number of likely N-dealkylation sites (N-methyl/N-ethyl adjacent to an activating group) is 2. The molecule has 7 heteroatoms. The normalized spacial score (nSPS) is 20.2. The molecular weight excluding hydrogens is 397 g/mol. The Hall–Kier alpha value is -3.66. The van der Waals surface area contributed by atoms with Crippen molar-refractivity contribution in [2.24, 2.45) is 0 Å². The molecule has 2 aromatic carbocycles. The van der Waals surface area contributed by atoms with E-state index in [1.165, 1.54) is 35.1 Å². The second-order valence-electron chi connectivity index (χ2n) is 7.48. The van der Waals surface area contributed by atoms with Crippen LogP contribution in [0, 0.1) is 17.1 Å². The van der Waals surface area contributed by atoms with Crippen molar-refractivity contribution >= 4 is 17.9 Å². The zero-order valence-electron chi connectivity index (χ0n) is 18.0. The fraction of sp³-hybridized carbons (Fsp3) is 0.292. The van der Waals surface area contributed by atoms with Gasteiger partial charge in [0.1, 0.15) is 22.8 Å². The van der Waals surface area contributed by atoms with Crippen molar-refractivity contribution in [3.63, 3.8) is 0 Å². The number of halogens is 1. The topological polar surface area (TPSA) is 73.6 Å². The first-order valence-corrected chi connectivity index (χ1v) is 9.88. The average Bonchev–Trinajstić information content (AvgIpc) is 2.79. The standard InChI is InChI=1S/C24H24FN3O3/c1-5-24(14-16-9-11-18(25)12-10-16)23(30)27(2)20(22(29)28(24)3)13-19-17(15-26)7-6-8-21(19)31-4/h6-13H,5,14H2,1-4H3. The van der Waals surface area contributed by atoms with Crippen LogP contribution in [-0.2, 0) is 16.0 Å². The van der Waals surface area contributed by atoms with E-state index in [2.05, 4.69) is 6.07 Å². The molecule has 3 rings (SSSR count). The van der Waals surface area contributed by atoms with Crippen molar-refractivity contribution in [2.45, 2.75) is 25.3 Å². The van der Waals surface area contributed by atoms with Crippen LogP contribution in [0.2, 0.25) is 0 Å². The lowest BCUT2D eigenvalue weighted by Crippen LogP contribution is -2.65. The van der Waals surface area contributed by atoms with Crippen molar-refractivity contribution in [1.29, 1.82) is 5.26 Å². The molecule has 2 aromatic rings. The summed E-state index contributed by atoms with van der Waals surface area (Å²) in [5.74, 6) is -0.524. The van der Waals surface area contributed by atoms with Crippen LogP contribution in [0.3, 0.4) is 0 Å². The molecule has 31 heavy (non-hydrogen) atoms. The third-order valence-electron chi connectivity index (χ3n) is 5.91. The van der Waals surface area contributed by atoms with Gasteiger partial charge in [0, 0.05) is 26.1 Å². The van der Waals surface area contributed by atoms with Crippen LogP contribution >= 0.6 is 0 Å². The first kappa shape index (κ1) is 22.0. The van der Waals surface area contributed by atoms with Crippen molar-refractivity contribution in [2.75, 3.05) is 21.2 Å². The number of benzene rings is 2. The number of carbonyl (C=O) groups is 2. The summed E-state index contributed by atoms with van der Waals surface area (Å²) in [7, 11) is 4.63. The molecule has 1 aliphatic rings. The van der Waals surface area contributed by atoms with Crippen LogP contribution in [0.1, 0.15) is 30.0 Å². The maximum Gasteiger partial charge on any atom is 0.271 e. The van der Waals surface area contributed by atoms with Gasteiger partial charge >= 0.3 is 0 Å². The minimum atomic E-state index is -1.10. The lowest BCUT2D eigenvalue weighted by Gasteiger charge is -2.47. The highest BCUT2D eigenvalue weighted by Gasteiger charge is 2.50. The van der Waals surface area contributed by atoms with Crippen LogP contribution in [-0.4, -0.2) is 48.4 Å². The molecule has 1 saturated heterocycles. The van der Waals surface area contributed by atoms with E-state index < -0.39 is 5.54 Å². The van der Waals surface area contributed by atoms with Gasteiger partial charge in [0.15, 0.2) is 0 Å². The number of amides is 2. The van der Waals surface area contributed by atoms with Gasteiger partial charge in [-0.15, -0.1) is 0 Å². The van der Waals surface area contributed by atoms with E-state index in [4.69, 9.17) is 4.74 Å². The van der Waals surface area contributed by atoms with Gasteiger partial charge < -0.3 is 14.5 Å². The Balaban J connectivity index is 2.07. The fourth-order valence-corrected chi connectivity index (χ4v) is 3.99. The molecule has 1 fully saturated rings. The molecule has 160 valence electrons. The Morgan fingerprint density at radius 3 is 2.42 bits per heavy atom. The highest BCUT2D eigenvalue weighted by molar-refractivity contribution is 6.09. The zero-order chi connectivity index (χ0) is 22.8. The number of nitriles is 1. The number of methoxy groups -OCH3 is 1. The molecule has 2 amide bonds. The molecule has 1 heterocycles. The Labute approximate surface area is 181 Å². The lowest BCUT2D eigenvalue weighted by molar-refractivity contribution is -0.157. The Morgan fingerprint density at radius 1 is 1.16 bits per heavy atom. The minimum absolute atomic E-state index is 0.150. The van der Waals surface area contributed by atoms with Crippen molar-refractivity contribution in [3.05, 3.63) is 70.7 Å². The summed E-state index contributed by atoms with van der Waals surface area (Å²) in [6, 6.07) is 13.0. The quantitative estimate of drug-likeness (QED) is 0.694. The largest absolute Gasteiger partial charge is 0.496 e. The molecular formula is C24H24FN3O3. The van der Waals surface area contributed by atoms with Crippen LogP contribution in [0.4, 0.5) is 4.39 Å². The third kappa shape index (κ3) is 3.77. The Kier molecular flexibility index (Phi) is 6.11. The molecule has 0 bridgehead atoms. The molecule has 0 aromatic heterocycles. The van der Waals surface area contributed by atoms with E-state index in [1.54, 1.807) is 44.4 Å². The molecule has 0 spiro atoms. The van der Waals surface area contributed by atoms with Gasteiger partial charge in [0.2, 0.25) is 0 Å². The zero-order valence-corrected chi connectivity index (χ0v) is 18.0. The molecule has 0 N–H and O–H groups in total. The third-order valence-corrected chi connectivity index (χ3v) is 5.91. The number of carbonyl (C=O) groups excluding carboxylic acids is 2. The Morgan fingerprint density at radius 2 is 1.84 bits per heavy atom. The second-order valence-corrected chi connectivity index (χ2v) is 7.48. The highest BCUT2D eigenvalue weighted by atomic mass is 19.1. The van der Waals surface area contributed by atoms with E-state index in [0.717, 1.165) is 5.56 Å². The Bertz CT molecular complexity index is 1090. The molecule has 1 unspecified atom stereocenters. The molecule has 1 atom stereocenters. The van der Waals surface area contributed by atoms with Crippen LogP contribution in [0.15, 0.2) is 48.2 Å². The summed E-state index contributed by atoms with van der Waals surface area (Å²) in [5.41, 5.74) is 0.582. The fourth-order valence-electron chi connectivity index (χ4n) is 3.99. The van der Waals surface area contributed by atoms with Gasteiger partial charge in [-0.3, -0.25) is 9.59 Å². The van der Waals surface area contributed by atoms with Crippen molar-refractivity contribution < 1.29 is 18.7 Å². The van der Waals surface area contributed by atoms with Crippen molar-refractivity contribution in [1.82, 2.24) is 9.80 Å². The van der Waals surface area contributed by atoms with Gasteiger partial charge in [-0.1, -0.05) is 25.1 Å². The van der Waals surface area contributed by atoms with Crippen molar-refractivity contribution in [3.8, 4) is 11.8 Å². The highest BCUT2D eigenvalue weighted by Crippen LogP contribution is 2.35. The summed E-state index contributed by atoms with van der Waals surface area (Å²) in [4.78, 5) is 29.7. The summed E-state index contributed by atoms with van der Waals surface area (Å²) in [6.45, 7) is 1.85. The first-order chi connectivity index (χ1) is 14.8. The number of nitrogens with zero attached hydrogens (tertiary/aromatic N) is 3. The number of hydrogen-bond donors (Lipinski definition) is 0. The van der Waals surface area contributed by atoms with Gasteiger partial charge in [-0.25, -0.2) is 4.39 Å². The number of hydrogen-bond acceptors (Lipinski definition) is 4. The number of rotatable bonds is 5. The minimum Gasteiger partial charge on any atom is -0.496 e. The SMILES string of the molecule is CCC1(Cc2ccc(F)cc2)C(=O)N(C)C(=Cc2c(C#N)cccc2OC)C(=O)N1C. The summed E-state index contributed by atoms with van der Waals surface area (Å²) >= 11 is 0. The molecule has 0 radical (unpaired) electrons. The second kappa shape index (κ2) is 8.60. The predicted molar refractivity (Wildman–Crippen MR) is 114 cm³/mol. The molecule has 6 nitrogen and oxygen atoms in total. The first-order valence-electron chi connectivity index (χ1n) is 9.88. The van der Waals surface area contributed by atoms with Gasteiger partial charge in [0.25, 0.3) is 11.8 Å². The maximum absolute atomic E-state index is 13.5. The monoisotopic (exact) mass is 421 g/mol. The summed E-state index contributed by atoms with van der Waals surface area (Å²) in [6.07, 6.45) is 2.17. The van der Waals surface area contributed by atoms with E-state index in [-0.39, 0.29) is 29.7 Å². The van der Waals surface area contributed by atoms with E-state index in [0.29, 0.717) is 23.3 Å². The molecule has 0 aliphatic carbocycles. The predicted octanol–water partition coefficient (Wildman–Crippen LogP) is 3.37. The van der Waals surface area contributed by atoms with Gasteiger partial charge in [0.05, 0.1) is 18.7 Å². The van der Waals surface area contributed by atoms with Crippen LogP contribution < -0.4 is 4.74 Å². The van der Waals surface area contributed by atoms with E-state index in [9.17, 15) is 19.2 Å². The van der Waals surface area contributed by atoms with Gasteiger partial charge in [-0.05, 0) is 42.3 Å². The molecule has 0 saturated carbocycles. The maximum atomic E-state index is 13.5. The summed E-state index contributed by atoms with van der Waals surface area (Å²) < 4.78 is 18.7.